The van der Waals surface area contributed by atoms with E-state index in [0.717, 1.165) is 0 Å². The zero-order valence-electron chi connectivity index (χ0n) is 9.76. The van der Waals surface area contributed by atoms with E-state index in [-0.39, 0.29) is 23.8 Å². The molecule has 1 aromatic rings. The van der Waals surface area contributed by atoms with Gasteiger partial charge in [0, 0.05) is 12.7 Å². The molecule has 2 rings (SSSR count). The van der Waals surface area contributed by atoms with Crippen molar-refractivity contribution in [1.29, 1.82) is 0 Å². The van der Waals surface area contributed by atoms with E-state index < -0.39 is 5.97 Å². The SMILES string of the molecule is O=C(COc1cncc(C(=O)O)c1)NCC1CC1. The number of carboxylic acid groups (broad SMARTS) is 1. The molecule has 1 saturated carbocycles. The second-order valence-electron chi connectivity index (χ2n) is 4.25. The second kappa shape index (κ2) is 5.48. The van der Waals surface area contributed by atoms with E-state index in [1.165, 1.54) is 31.3 Å². The van der Waals surface area contributed by atoms with E-state index in [9.17, 15) is 9.59 Å². The summed E-state index contributed by atoms with van der Waals surface area (Å²) in [4.78, 5) is 25.8. The van der Waals surface area contributed by atoms with E-state index >= 15 is 0 Å². The quantitative estimate of drug-likeness (QED) is 0.775. The number of carbonyl (C=O) groups is 2. The fourth-order valence-electron chi connectivity index (χ4n) is 1.39. The molecular weight excluding hydrogens is 236 g/mol. The van der Waals surface area contributed by atoms with Crippen molar-refractivity contribution < 1.29 is 19.4 Å². The molecule has 1 amide bonds. The van der Waals surface area contributed by atoms with E-state index in [2.05, 4.69) is 10.3 Å². The van der Waals surface area contributed by atoms with Crippen LogP contribution in [0.15, 0.2) is 18.5 Å². The van der Waals surface area contributed by atoms with Crippen LogP contribution in [0.3, 0.4) is 0 Å². The Hall–Kier alpha value is -2.11. The maximum atomic E-state index is 11.4. The summed E-state index contributed by atoms with van der Waals surface area (Å²) in [5, 5.41) is 11.5. The van der Waals surface area contributed by atoms with Crippen LogP contribution < -0.4 is 10.1 Å². The van der Waals surface area contributed by atoms with Gasteiger partial charge in [0.1, 0.15) is 5.75 Å². The van der Waals surface area contributed by atoms with E-state index in [1.54, 1.807) is 0 Å². The van der Waals surface area contributed by atoms with Crippen LogP contribution in [0.2, 0.25) is 0 Å². The predicted molar refractivity (Wildman–Crippen MR) is 62.4 cm³/mol. The predicted octanol–water partition coefficient (Wildman–Crippen LogP) is 0.685. The third-order valence-corrected chi connectivity index (χ3v) is 2.61. The fourth-order valence-corrected chi connectivity index (χ4v) is 1.39. The van der Waals surface area contributed by atoms with Crippen LogP contribution >= 0.6 is 0 Å². The smallest absolute Gasteiger partial charge is 0.337 e. The first-order valence-corrected chi connectivity index (χ1v) is 5.73. The van der Waals surface area contributed by atoms with Crippen molar-refractivity contribution in [3.63, 3.8) is 0 Å². The average Bonchev–Trinajstić information content (AvgIpc) is 3.18. The van der Waals surface area contributed by atoms with Crippen LogP contribution in [0.5, 0.6) is 5.75 Å². The highest BCUT2D eigenvalue weighted by Gasteiger charge is 2.21. The number of ether oxygens (including phenoxy) is 1. The summed E-state index contributed by atoms with van der Waals surface area (Å²) in [6.07, 6.45) is 4.94. The van der Waals surface area contributed by atoms with Crippen molar-refractivity contribution >= 4 is 11.9 Å². The molecule has 0 bridgehead atoms. The summed E-state index contributed by atoms with van der Waals surface area (Å²) in [7, 11) is 0. The zero-order chi connectivity index (χ0) is 13.0. The molecular formula is C12H14N2O4. The number of rotatable bonds is 6. The van der Waals surface area contributed by atoms with Crippen LogP contribution in [0.1, 0.15) is 23.2 Å². The van der Waals surface area contributed by atoms with Crippen LogP contribution in [0.25, 0.3) is 0 Å². The lowest BCUT2D eigenvalue weighted by molar-refractivity contribution is -0.123. The Kier molecular flexibility index (Phi) is 3.76. The van der Waals surface area contributed by atoms with Gasteiger partial charge in [-0.05, 0) is 24.8 Å². The van der Waals surface area contributed by atoms with Crippen LogP contribution in [0.4, 0.5) is 0 Å². The first-order valence-electron chi connectivity index (χ1n) is 5.73. The van der Waals surface area contributed by atoms with Gasteiger partial charge in [0.15, 0.2) is 6.61 Å². The number of aromatic carboxylic acids is 1. The van der Waals surface area contributed by atoms with Crippen LogP contribution in [0, 0.1) is 5.92 Å². The second-order valence-corrected chi connectivity index (χ2v) is 4.25. The van der Waals surface area contributed by atoms with Crippen molar-refractivity contribution in [1.82, 2.24) is 10.3 Å². The van der Waals surface area contributed by atoms with Gasteiger partial charge in [0.05, 0.1) is 11.8 Å². The van der Waals surface area contributed by atoms with Crippen LogP contribution in [-0.2, 0) is 4.79 Å². The van der Waals surface area contributed by atoms with E-state index in [1.807, 2.05) is 0 Å². The number of carbonyl (C=O) groups excluding carboxylic acids is 1. The molecule has 0 aromatic carbocycles. The Morgan fingerprint density at radius 3 is 2.89 bits per heavy atom. The summed E-state index contributed by atoms with van der Waals surface area (Å²) in [5.74, 6) is -0.392. The molecule has 18 heavy (non-hydrogen) atoms. The van der Waals surface area contributed by atoms with Gasteiger partial charge in [-0.2, -0.15) is 0 Å². The van der Waals surface area contributed by atoms with Gasteiger partial charge in [-0.1, -0.05) is 0 Å². The molecule has 1 aromatic heterocycles. The highest BCUT2D eigenvalue weighted by Crippen LogP contribution is 2.27. The number of nitrogens with one attached hydrogen (secondary N) is 1. The lowest BCUT2D eigenvalue weighted by Crippen LogP contribution is -2.30. The summed E-state index contributed by atoms with van der Waals surface area (Å²) >= 11 is 0. The van der Waals surface area contributed by atoms with Crippen molar-refractivity contribution in [2.45, 2.75) is 12.8 Å². The largest absolute Gasteiger partial charge is 0.482 e. The molecule has 0 radical (unpaired) electrons. The van der Waals surface area contributed by atoms with Gasteiger partial charge >= 0.3 is 5.97 Å². The first kappa shape index (κ1) is 12.3. The number of hydrogen-bond acceptors (Lipinski definition) is 4. The molecule has 6 heteroatoms. The first-order chi connectivity index (χ1) is 8.65. The van der Waals surface area contributed by atoms with E-state index in [4.69, 9.17) is 9.84 Å². The van der Waals surface area contributed by atoms with Gasteiger partial charge in [0.25, 0.3) is 5.91 Å². The summed E-state index contributed by atoms with van der Waals surface area (Å²) in [5.41, 5.74) is 0.0332. The molecule has 1 fully saturated rings. The number of amides is 1. The van der Waals surface area contributed by atoms with Gasteiger partial charge < -0.3 is 15.2 Å². The van der Waals surface area contributed by atoms with Crippen molar-refractivity contribution in [3.8, 4) is 5.75 Å². The Balaban J connectivity index is 1.79. The Labute approximate surface area is 104 Å². The zero-order valence-corrected chi connectivity index (χ0v) is 9.76. The van der Waals surface area contributed by atoms with Crippen LogP contribution in [-0.4, -0.2) is 35.1 Å². The van der Waals surface area contributed by atoms with Gasteiger partial charge in [-0.3, -0.25) is 9.78 Å². The minimum atomic E-state index is -1.08. The number of carboxylic acids is 1. The lowest BCUT2D eigenvalue weighted by Gasteiger charge is -2.07. The summed E-state index contributed by atoms with van der Waals surface area (Å²) in [6.45, 7) is 0.563. The normalized spacial score (nSPS) is 14.0. The van der Waals surface area contributed by atoms with Gasteiger partial charge in [-0.15, -0.1) is 0 Å². The Bertz CT molecular complexity index is 457. The molecule has 1 aliphatic rings. The topological polar surface area (TPSA) is 88.5 Å². The molecule has 1 aliphatic carbocycles. The number of aromatic nitrogens is 1. The molecule has 0 atom stereocenters. The number of pyridine rings is 1. The van der Waals surface area contributed by atoms with Crippen molar-refractivity contribution in [2.24, 2.45) is 5.92 Å². The summed E-state index contributed by atoms with van der Waals surface area (Å²) < 4.78 is 5.17. The maximum absolute atomic E-state index is 11.4. The third kappa shape index (κ3) is 3.73. The molecule has 0 aliphatic heterocycles. The minimum absolute atomic E-state index is 0.0332. The molecule has 0 unspecified atom stereocenters. The molecule has 96 valence electrons. The molecule has 2 N–H and O–H groups in total. The van der Waals surface area contributed by atoms with E-state index in [0.29, 0.717) is 12.5 Å². The number of nitrogens with zero attached hydrogens (tertiary/aromatic N) is 1. The molecule has 6 nitrogen and oxygen atoms in total. The van der Waals surface area contributed by atoms with Gasteiger partial charge in [0.2, 0.25) is 0 Å². The van der Waals surface area contributed by atoms with Gasteiger partial charge in [-0.25, -0.2) is 4.79 Å². The number of hydrogen-bond donors (Lipinski definition) is 2. The fraction of sp³-hybridized carbons (Fsp3) is 0.417. The standard InChI is InChI=1S/C12H14N2O4/c15-11(14-4-8-1-2-8)7-18-10-3-9(12(16)17)5-13-6-10/h3,5-6,8H,1-2,4,7H2,(H,14,15)(H,16,17). The Morgan fingerprint density at radius 2 is 2.22 bits per heavy atom. The average molecular weight is 250 g/mol. The molecule has 0 spiro atoms. The lowest BCUT2D eigenvalue weighted by atomic mass is 10.3. The summed E-state index contributed by atoms with van der Waals surface area (Å²) in [6, 6.07) is 1.34. The monoisotopic (exact) mass is 250 g/mol. The molecule has 0 saturated heterocycles. The molecule has 1 heterocycles. The highest BCUT2D eigenvalue weighted by molar-refractivity contribution is 5.87. The maximum Gasteiger partial charge on any atom is 0.337 e. The Morgan fingerprint density at radius 1 is 1.44 bits per heavy atom. The highest BCUT2D eigenvalue weighted by atomic mass is 16.5. The minimum Gasteiger partial charge on any atom is -0.482 e. The van der Waals surface area contributed by atoms with Crippen molar-refractivity contribution in [2.75, 3.05) is 13.2 Å². The third-order valence-electron chi connectivity index (χ3n) is 2.61. The van der Waals surface area contributed by atoms with Crippen molar-refractivity contribution in [3.05, 3.63) is 24.0 Å².